The quantitative estimate of drug-likeness (QED) is 0.516. The summed E-state index contributed by atoms with van der Waals surface area (Å²) in [6, 6.07) is 23.8. The summed E-state index contributed by atoms with van der Waals surface area (Å²) in [5, 5.41) is 5.63. The summed E-state index contributed by atoms with van der Waals surface area (Å²) in [5.74, 6) is 0.445. The SMILES string of the molecule is Cc1sc(NC(=O)COc2ccc3ccccc3c2)nc1-c1ccccc1. The topological polar surface area (TPSA) is 51.2 Å². The molecule has 1 amide bonds. The third-order valence-electron chi connectivity index (χ3n) is 4.18. The number of ether oxygens (including phenoxy) is 1. The maximum Gasteiger partial charge on any atom is 0.264 e. The number of aromatic nitrogens is 1. The summed E-state index contributed by atoms with van der Waals surface area (Å²) in [6.45, 7) is 1.94. The van der Waals surface area contributed by atoms with Gasteiger partial charge in [0.1, 0.15) is 5.75 Å². The van der Waals surface area contributed by atoms with E-state index in [2.05, 4.69) is 10.3 Å². The molecule has 4 nitrogen and oxygen atoms in total. The first kappa shape index (κ1) is 17.2. The molecular weight excluding hydrogens is 356 g/mol. The molecule has 3 aromatic carbocycles. The fourth-order valence-corrected chi connectivity index (χ4v) is 3.73. The van der Waals surface area contributed by atoms with Crippen molar-refractivity contribution >= 4 is 33.1 Å². The van der Waals surface area contributed by atoms with Crippen LogP contribution in [0.3, 0.4) is 0 Å². The molecule has 1 N–H and O–H groups in total. The van der Waals surface area contributed by atoms with E-state index in [4.69, 9.17) is 4.74 Å². The molecule has 134 valence electrons. The van der Waals surface area contributed by atoms with Crippen LogP contribution in [0.15, 0.2) is 72.8 Å². The van der Waals surface area contributed by atoms with E-state index in [1.807, 2.05) is 79.7 Å². The molecule has 0 spiro atoms. The van der Waals surface area contributed by atoms with Gasteiger partial charge >= 0.3 is 0 Å². The molecule has 0 atom stereocenters. The van der Waals surface area contributed by atoms with Crippen LogP contribution in [-0.4, -0.2) is 17.5 Å². The normalized spacial score (nSPS) is 10.7. The molecule has 5 heteroatoms. The van der Waals surface area contributed by atoms with Crippen LogP contribution < -0.4 is 10.1 Å². The second kappa shape index (κ2) is 7.60. The molecule has 4 aromatic rings. The third kappa shape index (κ3) is 3.99. The lowest BCUT2D eigenvalue weighted by molar-refractivity contribution is -0.118. The van der Waals surface area contributed by atoms with Crippen molar-refractivity contribution < 1.29 is 9.53 Å². The van der Waals surface area contributed by atoms with Crippen LogP contribution in [0.25, 0.3) is 22.0 Å². The maximum absolute atomic E-state index is 12.2. The van der Waals surface area contributed by atoms with Gasteiger partial charge in [-0.3, -0.25) is 10.1 Å². The van der Waals surface area contributed by atoms with E-state index in [9.17, 15) is 4.79 Å². The van der Waals surface area contributed by atoms with Gasteiger partial charge in [-0.05, 0) is 29.8 Å². The number of hydrogen-bond donors (Lipinski definition) is 1. The van der Waals surface area contributed by atoms with E-state index in [1.165, 1.54) is 11.3 Å². The Kier molecular flexibility index (Phi) is 4.85. The van der Waals surface area contributed by atoms with Crippen LogP contribution in [0.2, 0.25) is 0 Å². The maximum atomic E-state index is 12.2. The molecule has 27 heavy (non-hydrogen) atoms. The minimum Gasteiger partial charge on any atom is -0.484 e. The van der Waals surface area contributed by atoms with Gasteiger partial charge in [-0.25, -0.2) is 4.98 Å². The summed E-state index contributed by atoms with van der Waals surface area (Å²) in [7, 11) is 0. The van der Waals surface area contributed by atoms with Crippen LogP contribution in [0.4, 0.5) is 5.13 Å². The monoisotopic (exact) mass is 374 g/mol. The number of fused-ring (bicyclic) bond motifs is 1. The Morgan fingerprint density at radius 2 is 1.74 bits per heavy atom. The number of aryl methyl sites for hydroxylation is 1. The van der Waals surface area contributed by atoms with Crippen LogP contribution in [-0.2, 0) is 4.79 Å². The number of benzene rings is 3. The second-order valence-corrected chi connectivity index (χ2v) is 7.34. The lowest BCUT2D eigenvalue weighted by Crippen LogP contribution is -2.20. The lowest BCUT2D eigenvalue weighted by Gasteiger charge is -2.07. The molecule has 0 saturated heterocycles. The largest absolute Gasteiger partial charge is 0.484 e. The molecule has 0 unspecified atom stereocenters. The van der Waals surface area contributed by atoms with Crippen LogP contribution in [0, 0.1) is 6.92 Å². The number of rotatable bonds is 5. The van der Waals surface area contributed by atoms with Crippen molar-refractivity contribution in [1.82, 2.24) is 4.98 Å². The summed E-state index contributed by atoms with van der Waals surface area (Å²) in [4.78, 5) is 17.8. The Morgan fingerprint density at radius 3 is 2.56 bits per heavy atom. The van der Waals surface area contributed by atoms with Crippen molar-refractivity contribution in [2.24, 2.45) is 0 Å². The Balaban J connectivity index is 1.40. The minimum atomic E-state index is -0.225. The van der Waals surface area contributed by atoms with Gasteiger partial charge in [-0.15, -0.1) is 11.3 Å². The fraction of sp³-hybridized carbons (Fsp3) is 0.0909. The summed E-state index contributed by atoms with van der Waals surface area (Å²) in [6.07, 6.45) is 0. The molecule has 1 heterocycles. The van der Waals surface area contributed by atoms with Gasteiger partial charge in [0, 0.05) is 10.4 Å². The molecule has 0 saturated carbocycles. The van der Waals surface area contributed by atoms with Gasteiger partial charge in [0.25, 0.3) is 5.91 Å². The van der Waals surface area contributed by atoms with E-state index in [0.717, 1.165) is 26.9 Å². The zero-order valence-corrected chi connectivity index (χ0v) is 15.6. The number of amides is 1. The van der Waals surface area contributed by atoms with Gasteiger partial charge in [-0.2, -0.15) is 0 Å². The average Bonchev–Trinajstić information content (AvgIpc) is 3.07. The van der Waals surface area contributed by atoms with E-state index < -0.39 is 0 Å². The van der Waals surface area contributed by atoms with Gasteiger partial charge in [0.05, 0.1) is 5.69 Å². The molecule has 0 aliphatic rings. The van der Waals surface area contributed by atoms with Crippen LogP contribution >= 0.6 is 11.3 Å². The summed E-state index contributed by atoms with van der Waals surface area (Å²) < 4.78 is 5.63. The molecule has 4 rings (SSSR count). The number of nitrogens with zero attached hydrogens (tertiary/aromatic N) is 1. The lowest BCUT2D eigenvalue weighted by atomic mass is 10.1. The summed E-state index contributed by atoms with van der Waals surface area (Å²) >= 11 is 1.46. The number of carbonyl (C=O) groups is 1. The predicted molar refractivity (Wildman–Crippen MR) is 110 cm³/mol. The Bertz CT molecular complexity index is 1090. The van der Waals surface area contributed by atoms with Gasteiger partial charge in [0.15, 0.2) is 11.7 Å². The highest BCUT2D eigenvalue weighted by molar-refractivity contribution is 7.16. The standard InChI is InChI=1S/C22H18N2O2S/c1-15-21(17-8-3-2-4-9-17)24-22(27-15)23-20(25)14-26-19-12-11-16-7-5-6-10-18(16)13-19/h2-13H,14H2,1H3,(H,23,24,25). The van der Waals surface area contributed by atoms with E-state index in [-0.39, 0.29) is 12.5 Å². The molecule has 0 aliphatic heterocycles. The Hall–Kier alpha value is -3.18. The Labute approximate surface area is 161 Å². The number of thiazole rings is 1. The van der Waals surface area contributed by atoms with E-state index in [0.29, 0.717) is 10.9 Å². The van der Waals surface area contributed by atoms with Crippen LogP contribution in [0.1, 0.15) is 4.88 Å². The number of carbonyl (C=O) groups excluding carboxylic acids is 1. The first-order chi connectivity index (χ1) is 13.2. The van der Waals surface area contributed by atoms with Gasteiger partial charge < -0.3 is 4.74 Å². The number of anilines is 1. The number of hydrogen-bond acceptors (Lipinski definition) is 4. The van der Waals surface area contributed by atoms with Crippen molar-refractivity contribution in [3.05, 3.63) is 77.7 Å². The minimum absolute atomic E-state index is 0.0579. The van der Waals surface area contributed by atoms with Crippen molar-refractivity contribution in [3.8, 4) is 17.0 Å². The second-order valence-electron chi connectivity index (χ2n) is 6.14. The fourth-order valence-electron chi connectivity index (χ4n) is 2.88. The molecule has 0 fully saturated rings. The third-order valence-corrected chi connectivity index (χ3v) is 5.07. The van der Waals surface area contributed by atoms with E-state index >= 15 is 0 Å². The molecule has 0 radical (unpaired) electrons. The predicted octanol–water partition coefficient (Wildman–Crippen LogP) is 5.29. The van der Waals surface area contributed by atoms with Crippen molar-refractivity contribution in [1.29, 1.82) is 0 Å². The molecule has 0 aliphatic carbocycles. The first-order valence-corrected chi connectivity index (χ1v) is 9.45. The molecular formula is C22H18N2O2S. The zero-order chi connectivity index (χ0) is 18.6. The zero-order valence-electron chi connectivity index (χ0n) is 14.8. The molecule has 0 bridgehead atoms. The van der Waals surface area contributed by atoms with Crippen LogP contribution in [0.5, 0.6) is 5.75 Å². The highest BCUT2D eigenvalue weighted by Crippen LogP contribution is 2.30. The number of nitrogens with one attached hydrogen (secondary N) is 1. The first-order valence-electron chi connectivity index (χ1n) is 8.63. The highest BCUT2D eigenvalue weighted by atomic mass is 32.1. The highest BCUT2D eigenvalue weighted by Gasteiger charge is 2.12. The average molecular weight is 374 g/mol. The van der Waals surface area contributed by atoms with E-state index in [1.54, 1.807) is 0 Å². The molecule has 1 aromatic heterocycles. The van der Waals surface area contributed by atoms with Crippen molar-refractivity contribution in [2.75, 3.05) is 11.9 Å². The Morgan fingerprint density at radius 1 is 1.00 bits per heavy atom. The van der Waals surface area contributed by atoms with Crippen molar-refractivity contribution in [2.45, 2.75) is 6.92 Å². The van der Waals surface area contributed by atoms with Gasteiger partial charge in [-0.1, -0.05) is 60.7 Å². The van der Waals surface area contributed by atoms with Gasteiger partial charge in [0.2, 0.25) is 0 Å². The summed E-state index contributed by atoms with van der Waals surface area (Å²) in [5.41, 5.74) is 1.94. The smallest absolute Gasteiger partial charge is 0.264 e. The van der Waals surface area contributed by atoms with Crippen molar-refractivity contribution in [3.63, 3.8) is 0 Å².